The van der Waals surface area contributed by atoms with Gasteiger partial charge in [-0.05, 0) is 36.1 Å². The monoisotopic (exact) mass is 459 g/mol. The van der Waals surface area contributed by atoms with Crippen molar-refractivity contribution in [3.05, 3.63) is 61.1 Å². The number of carbonyl (C=O) groups is 1. The third-order valence-corrected chi connectivity index (χ3v) is 5.66. The van der Waals surface area contributed by atoms with E-state index in [2.05, 4.69) is 5.32 Å². The molecule has 11 heteroatoms. The van der Waals surface area contributed by atoms with Gasteiger partial charge in [0.25, 0.3) is 5.56 Å². The average molecular weight is 460 g/mol. The minimum absolute atomic E-state index is 0.0720. The third kappa shape index (κ3) is 4.44. The van der Waals surface area contributed by atoms with Crippen molar-refractivity contribution in [2.45, 2.75) is 39.0 Å². The maximum Gasteiger partial charge on any atom is 0.416 e. The lowest BCUT2D eigenvalue weighted by Gasteiger charge is -2.14. The molecule has 0 unspecified atom stereocenters. The van der Waals surface area contributed by atoms with Gasteiger partial charge in [-0.2, -0.15) is 13.2 Å². The summed E-state index contributed by atoms with van der Waals surface area (Å²) in [6, 6.07) is 4.12. The number of carbonyl (C=O) groups excluding carboxylic acids is 1. The summed E-state index contributed by atoms with van der Waals surface area (Å²) in [6.07, 6.45) is -3.22. The van der Waals surface area contributed by atoms with E-state index in [0.717, 1.165) is 45.1 Å². The van der Waals surface area contributed by atoms with E-state index >= 15 is 0 Å². The Hall–Kier alpha value is -2.59. The minimum Gasteiger partial charge on any atom is -0.323 e. The Morgan fingerprint density at radius 2 is 1.93 bits per heavy atom. The summed E-state index contributed by atoms with van der Waals surface area (Å²) in [5, 5.41) is 3.88. The Bertz CT molecular complexity index is 1210. The van der Waals surface area contributed by atoms with Crippen molar-refractivity contribution in [2.75, 3.05) is 5.32 Å². The summed E-state index contributed by atoms with van der Waals surface area (Å²) in [5.41, 5.74) is -1.95. The Morgan fingerprint density at radius 3 is 2.60 bits per heavy atom. The van der Waals surface area contributed by atoms with Crippen LogP contribution >= 0.6 is 22.9 Å². The first-order valence-electron chi connectivity index (χ1n) is 9.01. The van der Waals surface area contributed by atoms with E-state index in [1.807, 2.05) is 6.92 Å². The van der Waals surface area contributed by atoms with Crippen LogP contribution in [0.2, 0.25) is 5.02 Å². The van der Waals surface area contributed by atoms with Gasteiger partial charge in [-0.1, -0.05) is 24.9 Å². The number of nitrogens with zero attached hydrogens (tertiary/aromatic N) is 2. The molecule has 0 aliphatic heterocycles. The van der Waals surface area contributed by atoms with Crippen LogP contribution in [0.15, 0.2) is 39.2 Å². The molecule has 2 aromatic heterocycles. The summed E-state index contributed by atoms with van der Waals surface area (Å²) in [5.74, 6) is -0.744. The molecule has 160 valence electrons. The first-order valence-corrected chi connectivity index (χ1v) is 10.3. The number of fused-ring (bicyclic) bond motifs is 1. The van der Waals surface area contributed by atoms with Gasteiger partial charge in [0, 0.05) is 6.54 Å². The Balaban J connectivity index is 1.95. The first-order chi connectivity index (χ1) is 14.1. The number of hydrogen-bond donors (Lipinski definition) is 1. The fourth-order valence-corrected chi connectivity index (χ4v) is 3.94. The number of aromatic nitrogens is 2. The lowest BCUT2D eigenvalue weighted by molar-refractivity contribution is -0.137. The lowest BCUT2D eigenvalue weighted by Crippen LogP contribution is -2.41. The van der Waals surface area contributed by atoms with Gasteiger partial charge in [0.2, 0.25) is 5.91 Å². The Labute approximate surface area is 177 Å². The number of anilines is 1. The van der Waals surface area contributed by atoms with Crippen LogP contribution in [0, 0.1) is 0 Å². The van der Waals surface area contributed by atoms with Gasteiger partial charge in [0.15, 0.2) is 0 Å². The number of nitrogens with one attached hydrogen (secondary N) is 1. The summed E-state index contributed by atoms with van der Waals surface area (Å²) in [6.45, 7) is 1.65. The van der Waals surface area contributed by atoms with Gasteiger partial charge in [0.05, 0.1) is 21.8 Å². The van der Waals surface area contributed by atoms with Crippen molar-refractivity contribution < 1.29 is 18.0 Å². The van der Waals surface area contributed by atoms with Crippen molar-refractivity contribution in [1.82, 2.24) is 9.13 Å². The molecule has 0 spiro atoms. The van der Waals surface area contributed by atoms with Crippen LogP contribution in [0.3, 0.4) is 0 Å². The molecule has 0 saturated heterocycles. The molecule has 0 radical (unpaired) electrons. The van der Waals surface area contributed by atoms with Crippen LogP contribution in [0.5, 0.6) is 0 Å². The van der Waals surface area contributed by atoms with Gasteiger partial charge >= 0.3 is 11.9 Å². The van der Waals surface area contributed by atoms with Crippen molar-refractivity contribution in [2.24, 2.45) is 0 Å². The number of benzene rings is 1. The summed E-state index contributed by atoms with van der Waals surface area (Å²) >= 11 is 7.06. The Kier molecular flexibility index (Phi) is 6.37. The van der Waals surface area contributed by atoms with E-state index in [-0.39, 0.29) is 17.3 Å². The number of alkyl halides is 3. The molecule has 0 atom stereocenters. The largest absolute Gasteiger partial charge is 0.416 e. The topological polar surface area (TPSA) is 73.1 Å². The average Bonchev–Trinajstić information content (AvgIpc) is 3.16. The predicted molar refractivity (Wildman–Crippen MR) is 110 cm³/mol. The highest BCUT2D eigenvalue weighted by Crippen LogP contribution is 2.33. The molecular formula is C19H17ClF3N3O3S. The van der Waals surface area contributed by atoms with Crippen LogP contribution in [-0.2, 0) is 24.1 Å². The van der Waals surface area contributed by atoms with E-state index in [1.54, 1.807) is 11.4 Å². The van der Waals surface area contributed by atoms with Crippen molar-refractivity contribution in [1.29, 1.82) is 0 Å². The molecule has 6 nitrogen and oxygen atoms in total. The molecule has 1 amide bonds. The number of rotatable bonds is 6. The number of halogens is 4. The zero-order chi connectivity index (χ0) is 22.1. The molecule has 1 aromatic carbocycles. The highest BCUT2D eigenvalue weighted by molar-refractivity contribution is 7.17. The van der Waals surface area contributed by atoms with E-state index in [0.29, 0.717) is 16.6 Å². The first kappa shape index (κ1) is 22.1. The minimum atomic E-state index is -4.60. The van der Waals surface area contributed by atoms with E-state index < -0.39 is 35.4 Å². The van der Waals surface area contributed by atoms with Gasteiger partial charge in [-0.25, -0.2) is 4.79 Å². The normalized spacial score (nSPS) is 11.8. The fraction of sp³-hybridized carbons (Fsp3) is 0.316. The maximum absolute atomic E-state index is 12.9. The highest BCUT2D eigenvalue weighted by Gasteiger charge is 2.31. The molecule has 0 aliphatic rings. The van der Waals surface area contributed by atoms with Gasteiger partial charge in [-0.3, -0.25) is 18.7 Å². The second-order valence-corrected chi connectivity index (χ2v) is 7.88. The zero-order valence-electron chi connectivity index (χ0n) is 15.8. The molecular weight excluding hydrogens is 443 g/mol. The molecule has 3 aromatic rings. The number of hydrogen-bond acceptors (Lipinski definition) is 4. The van der Waals surface area contributed by atoms with Crippen LogP contribution < -0.4 is 16.6 Å². The molecule has 0 saturated carbocycles. The van der Waals surface area contributed by atoms with Crippen LogP contribution in [-0.4, -0.2) is 15.0 Å². The van der Waals surface area contributed by atoms with Crippen molar-refractivity contribution in [3.63, 3.8) is 0 Å². The summed E-state index contributed by atoms with van der Waals surface area (Å²) in [7, 11) is 0. The smallest absolute Gasteiger partial charge is 0.323 e. The Morgan fingerprint density at radius 1 is 1.20 bits per heavy atom. The third-order valence-electron chi connectivity index (χ3n) is 4.44. The van der Waals surface area contributed by atoms with E-state index in [1.165, 1.54) is 0 Å². The standard InChI is InChI=1S/C19H17ClF3N3O3S/c1-2-3-7-25-17(28)16-14(6-8-30-16)26(18(25)29)10-15(27)24-13-9-11(19(21,22)23)4-5-12(13)20/h4-6,8-9H,2-3,7,10H2,1H3,(H,24,27). The molecule has 3 rings (SSSR count). The fourth-order valence-electron chi connectivity index (χ4n) is 2.93. The SMILES string of the molecule is CCCCn1c(=O)c2sccc2n(CC(=O)Nc2cc(C(F)(F)F)ccc2Cl)c1=O. The molecule has 0 aliphatic carbocycles. The highest BCUT2D eigenvalue weighted by atomic mass is 35.5. The second-order valence-electron chi connectivity index (χ2n) is 6.55. The number of amides is 1. The van der Waals surface area contributed by atoms with Gasteiger partial charge in [-0.15, -0.1) is 11.3 Å². The van der Waals surface area contributed by atoms with Crippen LogP contribution in [0.4, 0.5) is 18.9 Å². The number of thiophene rings is 1. The summed E-state index contributed by atoms with van der Waals surface area (Å²) < 4.78 is 41.3. The van der Waals surface area contributed by atoms with Gasteiger partial charge < -0.3 is 5.32 Å². The number of unbranched alkanes of at least 4 members (excludes halogenated alkanes) is 1. The van der Waals surface area contributed by atoms with Gasteiger partial charge in [0.1, 0.15) is 11.2 Å². The molecule has 0 fully saturated rings. The molecule has 2 heterocycles. The maximum atomic E-state index is 12.9. The quantitative estimate of drug-likeness (QED) is 0.596. The van der Waals surface area contributed by atoms with Crippen molar-refractivity contribution in [3.8, 4) is 0 Å². The van der Waals surface area contributed by atoms with Crippen LogP contribution in [0.25, 0.3) is 10.2 Å². The van der Waals surface area contributed by atoms with E-state index in [9.17, 15) is 27.6 Å². The second kappa shape index (κ2) is 8.65. The van der Waals surface area contributed by atoms with E-state index in [4.69, 9.17) is 11.6 Å². The summed E-state index contributed by atoms with van der Waals surface area (Å²) in [4.78, 5) is 37.9. The molecule has 1 N–H and O–H groups in total. The lowest BCUT2D eigenvalue weighted by atomic mass is 10.2. The molecule has 0 bridgehead atoms. The predicted octanol–water partition coefficient (Wildman–Crippen LogP) is 4.34. The van der Waals surface area contributed by atoms with Crippen molar-refractivity contribution >= 4 is 44.7 Å². The van der Waals surface area contributed by atoms with Crippen LogP contribution in [0.1, 0.15) is 25.3 Å². The molecule has 30 heavy (non-hydrogen) atoms. The zero-order valence-corrected chi connectivity index (χ0v) is 17.3.